The van der Waals surface area contributed by atoms with Gasteiger partial charge in [0.05, 0.1) is 18.2 Å². The summed E-state index contributed by atoms with van der Waals surface area (Å²) < 4.78 is 26.2. The molecule has 0 aromatic heterocycles. The quantitative estimate of drug-likeness (QED) is 0.589. The summed E-state index contributed by atoms with van der Waals surface area (Å²) in [6, 6.07) is 13.8. The largest absolute Gasteiger partial charge is 0.438 e. The second-order valence-electron chi connectivity index (χ2n) is 8.04. The van der Waals surface area contributed by atoms with E-state index >= 15 is 0 Å². The van der Waals surface area contributed by atoms with Crippen molar-refractivity contribution in [1.82, 2.24) is 4.90 Å². The van der Waals surface area contributed by atoms with E-state index in [0.717, 1.165) is 5.56 Å². The molecule has 0 aliphatic carbocycles. The summed E-state index contributed by atoms with van der Waals surface area (Å²) in [6.07, 6.45) is 0.498. The zero-order valence-corrected chi connectivity index (χ0v) is 16.2. The van der Waals surface area contributed by atoms with Crippen molar-refractivity contribution in [2.24, 2.45) is 0 Å². The fourth-order valence-electron chi connectivity index (χ4n) is 4.04. The van der Waals surface area contributed by atoms with Crippen LogP contribution in [0.25, 0.3) is 0 Å². The monoisotopic (exact) mass is 379 g/mol. The minimum Gasteiger partial charge on any atom is -0.438 e. The van der Waals surface area contributed by atoms with Gasteiger partial charge in [-0.3, -0.25) is 0 Å². The Morgan fingerprint density at radius 1 is 1.21 bits per heavy atom. The molecule has 2 aromatic carbocycles. The maximum Gasteiger partial charge on any atom is 0.411 e. The number of epoxide rings is 1. The molecule has 1 unspecified atom stereocenters. The van der Waals surface area contributed by atoms with Gasteiger partial charge < -0.3 is 14.4 Å². The van der Waals surface area contributed by atoms with E-state index in [4.69, 9.17) is 17.3 Å². The smallest absolute Gasteiger partial charge is 0.411 e. The van der Waals surface area contributed by atoms with E-state index < -0.39 is 11.7 Å². The van der Waals surface area contributed by atoms with Crippen LogP contribution in [0.3, 0.4) is 0 Å². The van der Waals surface area contributed by atoms with Gasteiger partial charge in [0.15, 0.2) is 0 Å². The number of amides is 1. The van der Waals surface area contributed by atoms with Gasteiger partial charge in [0.1, 0.15) is 19.3 Å². The molecule has 2 fully saturated rings. The van der Waals surface area contributed by atoms with Crippen LogP contribution in [0, 0.1) is 5.82 Å². The molecule has 2 aromatic rings. The molecule has 2 heterocycles. The van der Waals surface area contributed by atoms with Gasteiger partial charge in [0.25, 0.3) is 0 Å². The molecule has 2 aliphatic heterocycles. The first-order valence-electron chi connectivity index (χ1n) is 9.56. The predicted octanol–water partition coefficient (Wildman–Crippen LogP) is 3.60. The molecule has 4 rings (SSSR count). The summed E-state index contributed by atoms with van der Waals surface area (Å²) >= 11 is 0. The highest BCUT2D eigenvalue weighted by atomic mass is 19.1. The van der Waals surface area contributed by atoms with Gasteiger partial charge in [0.2, 0.25) is 0 Å². The Labute approximate surface area is 166 Å². The van der Waals surface area contributed by atoms with Crippen molar-refractivity contribution in [3.63, 3.8) is 0 Å². The maximum absolute atomic E-state index is 14.6. The van der Waals surface area contributed by atoms with E-state index in [1.165, 1.54) is 6.07 Å². The third kappa shape index (κ3) is 3.53. The number of hydrogen-bond acceptors (Lipinski definition) is 3. The average molecular weight is 379 g/mol. The molecule has 0 spiro atoms. The summed E-state index contributed by atoms with van der Waals surface area (Å²) in [7, 11) is 5.76. The van der Waals surface area contributed by atoms with Crippen LogP contribution in [0.4, 0.5) is 9.18 Å². The van der Waals surface area contributed by atoms with Crippen LogP contribution in [-0.2, 0) is 15.1 Å². The topological polar surface area (TPSA) is 42.1 Å². The fourth-order valence-corrected chi connectivity index (χ4v) is 4.04. The number of ether oxygens (including phenoxy) is 2. The van der Waals surface area contributed by atoms with Crippen molar-refractivity contribution in [3.05, 3.63) is 65.5 Å². The Bertz CT molecular complexity index is 884. The molecule has 6 heteroatoms. The molecule has 1 amide bonds. The normalized spacial score (nSPS) is 28.0. The fraction of sp³-hybridized carbons (Fsp3) is 0.409. The van der Waals surface area contributed by atoms with E-state index in [9.17, 15) is 9.18 Å². The molecule has 2 saturated heterocycles. The molecule has 0 saturated carbocycles. The van der Waals surface area contributed by atoms with Crippen LogP contribution in [0.5, 0.6) is 0 Å². The first-order valence-corrected chi connectivity index (χ1v) is 9.56. The van der Waals surface area contributed by atoms with Crippen LogP contribution in [-0.4, -0.2) is 37.6 Å². The molecule has 3 atom stereocenters. The molecule has 0 bridgehead atoms. The van der Waals surface area contributed by atoms with Crippen molar-refractivity contribution in [1.29, 1.82) is 0 Å². The Hall–Kier alpha value is -2.34. The van der Waals surface area contributed by atoms with Crippen molar-refractivity contribution in [3.8, 4) is 0 Å². The Balaban J connectivity index is 1.61. The lowest BCUT2D eigenvalue weighted by molar-refractivity contribution is -0.0767. The van der Waals surface area contributed by atoms with Gasteiger partial charge in [0, 0.05) is 24.9 Å². The maximum atomic E-state index is 14.6. The number of nitrogens with zero attached hydrogens (tertiary/aromatic N) is 1. The van der Waals surface area contributed by atoms with E-state index in [-0.39, 0.29) is 17.5 Å². The average Bonchev–Trinajstić information content (AvgIpc) is 3.38. The van der Waals surface area contributed by atoms with Crippen LogP contribution >= 0.6 is 0 Å². The first-order chi connectivity index (χ1) is 13.3. The highest BCUT2D eigenvalue weighted by molar-refractivity contribution is 6.32. The minimum absolute atomic E-state index is 0.167. The number of rotatable bonds is 5. The predicted molar refractivity (Wildman–Crippen MR) is 105 cm³/mol. The van der Waals surface area contributed by atoms with Gasteiger partial charge in [-0.1, -0.05) is 47.9 Å². The summed E-state index contributed by atoms with van der Waals surface area (Å²) in [5, 5.41) is 0. The highest BCUT2D eigenvalue weighted by Gasteiger charge is 2.53. The number of hydrogen-bond donors (Lipinski definition) is 0. The zero-order valence-electron chi connectivity index (χ0n) is 16.2. The van der Waals surface area contributed by atoms with Gasteiger partial charge in [-0.15, -0.1) is 0 Å². The lowest BCUT2D eigenvalue weighted by atomic mass is 9.81. The molecule has 2 aliphatic rings. The molecule has 4 nitrogen and oxygen atoms in total. The zero-order chi connectivity index (χ0) is 19.9. The Morgan fingerprint density at radius 3 is 2.50 bits per heavy atom. The molecule has 28 heavy (non-hydrogen) atoms. The number of halogens is 1. The van der Waals surface area contributed by atoms with Crippen LogP contribution in [0.15, 0.2) is 48.5 Å². The number of carbonyl (C=O) groups is 1. The van der Waals surface area contributed by atoms with Crippen molar-refractivity contribution in [2.45, 2.75) is 43.9 Å². The third-order valence-electron chi connectivity index (χ3n) is 5.82. The van der Waals surface area contributed by atoms with Crippen molar-refractivity contribution < 1.29 is 18.7 Å². The SMILES string of the molecule is [B]c1ccc([C@H](C)N2CC[C@](CC3(C)CO3)(c3ccccc3F)OC2=O)cc1. The number of carbonyl (C=O) groups excluding carboxylic acids is 1. The summed E-state index contributed by atoms with van der Waals surface area (Å²) in [6.45, 7) is 4.97. The van der Waals surface area contributed by atoms with E-state index in [1.807, 2.05) is 38.1 Å². The lowest BCUT2D eigenvalue weighted by Crippen LogP contribution is -2.50. The van der Waals surface area contributed by atoms with E-state index in [1.54, 1.807) is 23.1 Å². The van der Waals surface area contributed by atoms with Crippen molar-refractivity contribution in [2.75, 3.05) is 13.2 Å². The highest BCUT2D eigenvalue weighted by Crippen LogP contribution is 2.47. The Morgan fingerprint density at radius 2 is 1.89 bits per heavy atom. The van der Waals surface area contributed by atoms with E-state index in [2.05, 4.69) is 0 Å². The number of cyclic esters (lactones) is 1. The molecular weight excluding hydrogens is 356 g/mol. The second kappa shape index (κ2) is 6.92. The Kier molecular flexibility index (Phi) is 4.70. The van der Waals surface area contributed by atoms with Crippen LogP contribution < -0.4 is 5.46 Å². The summed E-state index contributed by atoms with van der Waals surface area (Å²) in [5.41, 5.74) is 0.661. The molecule has 2 radical (unpaired) electrons. The molecule has 144 valence electrons. The number of benzene rings is 2. The van der Waals surface area contributed by atoms with Crippen LogP contribution in [0.2, 0.25) is 0 Å². The second-order valence-corrected chi connectivity index (χ2v) is 8.04. The van der Waals surface area contributed by atoms with Crippen molar-refractivity contribution >= 4 is 19.4 Å². The van der Waals surface area contributed by atoms with Crippen LogP contribution in [0.1, 0.15) is 43.9 Å². The van der Waals surface area contributed by atoms with Gasteiger partial charge in [-0.05, 0) is 25.5 Å². The van der Waals surface area contributed by atoms with Gasteiger partial charge >= 0.3 is 6.09 Å². The summed E-state index contributed by atoms with van der Waals surface area (Å²) in [5.74, 6) is -0.361. The minimum atomic E-state index is -1.02. The standard InChI is InChI=1S/C22H23BFNO3/c1-15(16-7-9-17(23)10-8-16)25-12-11-22(28-20(25)26,13-21(2)14-27-21)18-5-3-4-6-19(18)24/h3-10,15H,11-14H2,1-2H3/t15-,21?,22-/m0/s1. The van der Waals surface area contributed by atoms with Gasteiger partial charge in [-0.25, -0.2) is 9.18 Å². The third-order valence-corrected chi connectivity index (χ3v) is 5.82. The first kappa shape index (κ1) is 19.0. The molecule has 0 N–H and O–H groups in total. The lowest BCUT2D eigenvalue weighted by Gasteiger charge is -2.44. The van der Waals surface area contributed by atoms with Gasteiger partial charge in [-0.2, -0.15) is 0 Å². The molecular formula is C22H23BFNO3. The summed E-state index contributed by atoms with van der Waals surface area (Å²) in [4.78, 5) is 14.7. The van der Waals surface area contributed by atoms with E-state index in [0.29, 0.717) is 37.0 Å².